The van der Waals surface area contributed by atoms with E-state index >= 15 is 0 Å². The number of thiophene rings is 1. The van der Waals surface area contributed by atoms with Crippen LogP contribution in [0.15, 0.2) is 35.7 Å². The van der Waals surface area contributed by atoms with E-state index in [-0.39, 0.29) is 22.3 Å². The summed E-state index contributed by atoms with van der Waals surface area (Å²) in [6.07, 6.45) is 1.18. The van der Waals surface area contributed by atoms with Crippen LogP contribution in [0, 0.1) is 11.7 Å². The molecule has 1 aliphatic heterocycles. The molecule has 23 heavy (non-hydrogen) atoms. The van der Waals surface area contributed by atoms with Crippen molar-refractivity contribution in [1.82, 2.24) is 4.90 Å². The summed E-state index contributed by atoms with van der Waals surface area (Å²) in [7, 11) is 0. The summed E-state index contributed by atoms with van der Waals surface area (Å²) < 4.78 is 13.9. The Morgan fingerprint density at radius 1 is 1.17 bits per heavy atom. The van der Waals surface area contributed by atoms with E-state index in [1.165, 1.54) is 29.5 Å². The number of carbonyl (C=O) groups is 2. The summed E-state index contributed by atoms with van der Waals surface area (Å²) in [4.78, 5) is 27.1. The molecule has 1 aromatic heterocycles. The summed E-state index contributed by atoms with van der Waals surface area (Å²) >= 11 is 7.39. The van der Waals surface area contributed by atoms with Crippen LogP contribution in [0.4, 0.5) is 4.39 Å². The van der Waals surface area contributed by atoms with E-state index in [9.17, 15) is 14.0 Å². The summed E-state index contributed by atoms with van der Waals surface area (Å²) in [6.45, 7) is 0.872. The van der Waals surface area contributed by atoms with Gasteiger partial charge >= 0.3 is 0 Å². The summed E-state index contributed by atoms with van der Waals surface area (Å²) in [6, 6.07) is 7.89. The van der Waals surface area contributed by atoms with E-state index in [4.69, 9.17) is 11.6 Å². The number of amides is 1. The van der Waals surface area contributed by atoms with Gasteiger partial charge in [0.05, 0.1) is 15.5 Å². The molecular formula is C17H15ClFNO2S. The molecule has 2 aromatic rings. The smallest absolute Gasteiger partial charge is 0.258 e. The predicted molar refractivity (Wildman–Crippen MR) is 88.7 cm³/mol. The van der Waals surface area contributed by atoms with Gasteiger partial charge in [-0.3, -0.25) is 9.59 Å². The maximum atomic E-state index is 13.9. The number of piperidine rings is 1. The molecule has 0 radical (unpaired) electrons. The van der Waals surface area contributed by atoms with Crippen molar-refractivity contribution in [3.8, 4) is 0 Å². The lowest BCUT2D eigenvalue weighted by Gasteiger charge is -2.31. The Hall–Kier alpha value is -1.72. The fraction of sp³-hybridized carbons (Fsp3) is 0.294. The first kappa shape index (κ1) is 16.1. The van der Waals surface area contributed by atoms with Gasteiger partial charge in [0, 0.05) is 19.0 Å². The highest BCUT2D eigenvalue weighted by molar-refractivity contribution is 7.12. The molecule has 3 rings (SSSR count). The van der Waals surface area contributed by atoms with E-state index in [1.54, 1.807) is 4.90 Å². The third-order valence-corrected chi connectivity index (χ3v) is 5.29. The molecule has 6 heteroatoms. The largest absolute Gasteiger partial charge is 0.338 e. The number of Topliss-reactive ketones (excluding diaryl/α,β-unsaturated/α-hetero) is 1. The van der Waals surface area contributed by atoms with Crippen LogP contribution < -0.4 is 0 Å². The van der Waals surface area contributed by atoms with Crippen LogP contribution >= 0.6 is 22.9 Å². The maximum Gasteiger partial charge on any atom is 0.258 e. The van der Waals surface area contributed by atoms with Crippen molar-refractivity contribution in [3.05, 3.63) is 57.0 Å². The van der Waals surface area contributed by atoms with Gasteiger partial charge in [-0.25, -0.2) is 4.39 Å². The molecule has 0 unspecified atom stereocenters. The lowest BCUT2D eigenvalue weighted by Crippen LogP contribution is -2.40. The highest BCUT2D eigenvalue weighted by atomic mass is 35.5. The van der Waals surface area contributed by atoms with Crippen molar-refractivity contribution in [2.75, 3.05) is 13.1 Å². The van der Waals surface area contributed by atoms with Crippen molar-refractivity contribution in [1.29, 1.82) is 0 Å². The van der Waals surface area contributed by atoms with Crippen molar-refractivity contribution < 1.29 is 14.0 Å². The number of carbonyl (C=O) groups excluding carboxylic acids is 2. The zero-order valence-electron chi connectivity index (χ0n) is 12.3. The van der Waals surface area contributed by atoms with Crippen LogP contribution in [0.1, 0.15) is 32.9 Å². The molecule has 0 saturated carbocycles. The number of ketones is 1. The first-order chi connectivity index (χ1) is 11.1. The summed E-state index contributed by atoms with van der Waals surface area (Å²) in [5.74, 6) is -0.959. The lowest BCUT2D eigenvalue weighted by molar-refractivity contribution is 0.0647. The van der Waals surface area contributed by atoms with E-state index in [0.29, 0.717) is 25.9 Å². The number of hydrogen-bond donors (Lipinski definition) is 0. The second kappa shape index (κ2) is 6.81. The standard InChI is InChI=1S/C17H15ClFNO2S/c18-12-3-1-4-13(19)15(12)17(22)20-8-6-11(7-9-20)16(21)14-5-2-10-23-14/h1-5,10-11H,6-9H2. The van der Waals surface area contributed by atoms with E-state index in [0.717, 1.165) is 4.88 Å². The zero-order valence-corrected chi connectivity index (χ0v) is 13.9. The molecule has 120 valence electrons. The first-order valence-electron chi connectivity index (χ1n) is 7.39. The Morgan fingerprint density at radius 3 is 2.52 bits per heavy atom. The van der Waals surface area contributed by atoms with E-state index in [2.05, 4.69) is 0 Å². The Balaban J connectivity index is 1.67. The van der Waals surface area contributed by atoms with Crippen LogP contribution in [0.25, 0.3) is 0 Å². The summed E-state index contributed by atoms with van der Waals surface area (Å²) in [5.41, 5.74) is -0.0859. The van der Waals surface area contributed by atoms with E-state index < -0.39 is 11.7 Å². The van der Waals surface area contributed by atoms with Crippen LogP contribution in [0.2, 0.25) is 5.02 Å². The number of benzene rings is 1. The first-order valence-corrected chi connectivity index (χ1v) is 8.64. The number of rotatable bonds is 3. The van der Waals surface area contributed by atoms with Crippen molar-refractivity contribution in [2.24, 2.45) is 5.92 Å². The molecule has 0 N–H and O–H groups in total. The van der Waals surface area contributed by atoms with Gasteiger partial charge in [0.15, 0.2) is 5.78 Å². The molecule has 3 nitrogen and oxygen atoms in total. The molecule has 1 amide bonds. The highest BCUT2D eigenvalue weighted by Gasteiger charge is 2.30. The Kier molecular flexibility index (Phi) is 4.78. The quantitative estimate of drug-likeness (QED) is 0.774. The minimum Gasteiger partial charge on any atom is -0.338 e. The molecule has 0 spiro atoms. The minimum atomic E-state index is -0.612. The lowest BCUT2D eigenvalue weighted by atomic mass is 9.91. The van der Waals surface area contributed by atoms with Crippen LogP contribution in [0.3, 0.4) is 0 Å². The van der Waals surface area contributed by atoms with Gasteiger partial charge in [0.1, 0.15) is 5.82 Å². The number of likely N-dealkylation sites (tertiary alicyclic amines) is 1. The number of nitrogens with zero attached hydrogens (tertiary/aromatic N) is 1. The minimum absolute atomic E-state index is 0.0752. The van der Waals surface area contributed by atoms with Crippen molar-refractivity contribution >= 4 is 34.6 Å². The Labute approximate surface area is 142 Å². The highest BCUT2D eigenvalue weighted by Crippen LogP contribution is 2.27. The molecule has 0 atom stereocenters. The van der Waals surface area contributed by atoms with Crippen LogP contribution in [-0.2, 0) is 0 Å². The normalized spacial score (nSPS) is 15.7. The topological polar surface area (TPSA) is 37.4 Å². The SMILES string of the molecule is O=C(c1cccs1)C1CCN(C(=O)c2c(F)cccc2Cl)CC1. The second-order valence-corrected chi connectivity index (χ2v) is 6.86. The van der Waals surface area contributed by atoms with Gasteiger partial charge in [-0.1, -0.05) is 23.7 Å². The molecule has 1 fully saturated rings. The second-order valence-electron chi connectivity index (χ2n) is 5.50. The Morgan fingerprint density at radius 2 is 1.91 bits per heavy atom. The average Bonchev–Trinajstić information content (AvgIpc) is 3.08. The van der Waals surface area contributed by atoms with Crippen molar-refractivity contribution in [3.63, 3.8) is 0 Å². The molecule has 0 aliphatic carbocycles. The molecular weight excluding hydrogens is 337 g/mol. The van der Waals surface area contributed by atoms with Crippen LogP contribution in [0.5, 0.6) is 0 Å². The third kappa shape index (κ3) is 3.31. The fourth-order valence-corrected chi connectivity index (χ4v) is 3.81. The van der Waals surface area contributed by atoms with Gasteiger partial charge in [0.25, 0.3) is 5.91 Å². The van der Waals surface area contributed by atoms with Crippen molar-refractivity contribution in [2.45, 2.75) is 12.8 Å². The average molecular weight is 352 g/mol. The van der Waals surface area contributed by atoms with Crippen LogP contribution in [-0.4, -0.2) is 29.7 Å². The molecule has 1 aromatic carbocycles. The van der Waals surface area contributed by atoms with Gasteiger partial charge in [-0.15, -0.1) is 11.3 Å². The summed E-state index contributed by atoms with van der Waals surface area (Å²) in [5, 5.41) is 2.00. The van der Waals surface area contributed by atoms with Gasteiger partial charge in [0.2, 0.25) is 0 Å². The number of halogens is 2. The van der Waals surface area contributed by atoms with Gasteiger partial charge in [-0.2, -0.15) is 0 Å². The Bertz CT molecular complexity index is 704. The predicted octanol–water partition coefficient (Wildman–Crippen LogP) is 4.28. The zero-order chi connectivity index (χ0) is 16.4. The van der Waals surface area contributed by atoms with E-state index in [1.807, 2.05) is 17.5 Å². The van der Waals surface area contributed by atoms with Gasteiger partial charge < -0.3 is 4.90 Å². The van der Waals surface area contributed by atoms with Gasteiger partial charge in [-0.05, 0) is 36.4 Å². The molecule has 0 bridgehead atoms. The third-order valence-electron chi connectivity index (χ3n) is 4.09. The number of hydrogen-bond acceptors (Lipinski definition) is 3. The molecule has 1 saturated heterocycles. The fourth-order valence-electron chi connectivity index (χ4n) is 2.82. The maximum absolute atomic E-state index is 13.9. The molecule has 2 heterocycles. The monoisotopic (exact) mass is 351 g/mol. The molecule has 1 aliphatic rings.